The average molecular weight is 178 g/mol. The van der Waals surface area contributed by atoms with Crippen LogP contribution in [0.5, 0.6) is 0 Å². The smallest absolute Gasteiger partial charge is 0.293 e. The number of carbonyl (C=O) groups is 1. The Balaban J connectivity index is 1.89. The van der Waals surface area contributed by atoms with Crippen LogP contribution in [-0.2, 0) is 9.78 Å². The minimum atomic E-state index is -0.424. The summed E-state index contributed by atoms with van der Waals surface area (Å²) in [4.78, 5) is 20.7. The summed E-state index contributed by atoms with van der Waals surface area (Å²) >= 11 is 0. The third-order valence-electron chi connectivity index (χ3n) is 1.79. The zero-order valence-corrected chi connectivity index (χ0v) is 7.10. The van der Waals surface area contributed by atoms with E-state index in [4.69, 9.17) is 4.89 Å². The van der Waals surface area contributed by atoms with Gasteiger partial charge in [-0.05, 0) is 25.0 Å². The maximum atomic E-state index is 11.2. The number of hydrogen-bond donors (Lipinski definition) is 0. The van der Waals surface area contributed by atoms with Crippen molar-refractivity contribution in [3.05, 3.63) is 35.9 Å². The molecule has 1 aromatic carbocycles. The average Bonchev–Trinajstić information content (AvgIpc) is 2.99. The fourth-order valence-corrected chi connectivity index (χ4v) is 0.898. The lowest BCUT2D eigenvalue weighted by Crippen LogP contribution is -2.06. The van der Waals surface area contributed by atoms with Crippen LogP contribution in [0.15, 0.2) is 30.3 Å². The molecule has 0 aliphatic heterocycles. The molecule has 1 saturated carbocycles. The van der Waals surface area contributed by atoms with Crippen molar-refractivity contribution in [1.82, 2.24) is 0 Å². The highest BCUT2D eigenvalue weighted by Crippen LogP contribution is 2.23. The van der Waals surface area contributed by atoms with Gasteiger partial charge in [0.15, 0.2) is 0 Å². The Morgan fingerprint density at radius 2 is 1.92 bits per heavy atom. The van der Waals surface area contributed by atoms with E-state index in [0.717, 1.165) is 12.8 Å². The van der Waals surface area contributed by atoms with E-state index in [-0.39, 0.29) is 6.10 Å². The highest BCUT2D eigenvalue weighted by atomic mass is 17.2. The van der Waals surface area contributed by atoms with Crippen LogP contribution >= 0.6 is 0 Å². The summed E-state index contributed by atoms with van der Waals surface area (Å²) in [5.41, 5.74) is 0.517. The normalized spacial score (nSPS) is 15.4. The first-order chi connectivity index (χ1) is 6.36. The van der Waals surface area contributed by atoms with Gasteiger partial charge in [-0.1, -0.05) is 18.2 Å². The van der Waals surface area contributed by atoms with Crippen LogP contribution in [0.25, 0.3) is 0 Å². The van der Waals surface area contributed by atoms with Gasteiger partial charge >= 0.3 is 5.97 Å². The van der Waals surface area contributed by atoms with Gasteiger partial charge in [-0.2, -0.15) is 4.89 Å². The Morgan fingerprint density at radius 1 is 1.23 bits per heavy atom. The number of benzene rings is 1. The van der Waals surface area contributed by atoms with Crippen LogP contribution in [0.3, 0.4) is 0 Å². The minimum Gasteiger partial charge on any atom is -0.293 e. The van der Waals surface area contributed by atoms with Gasteiger partial charge in [-0.25, -0.2) is 4.79 Å². The number of carbonyl (C=O) groups excluding carboxylic acids is 1. The SMILES string of the molecule is O=C(OOC1CC1)c1ccccc1. The van der Waals surface area contributed by atoms with E-state index in [1.807, 2.05) is 6.07 Å². The molecule has 3 heteroatoms. The molecule has 0 N–H and O–H groups in total. The number of hydrogen-bond acceptors (Lipinski definition) is 3. The predicted molar refractivity (Wildman–Crippen MR) is 46.0 cm³/mol. The van der Waals surface area contributed by atoms with Gasteiger partial charge in [0.1, 0.15) is 6.10 Å². The molecule has 1 aliphatic carbocycles. The summed E-state index contributed by atoms with van der Waals surface area (Å²) in [5, 5.41) is 0. The Kier molecular flexibility index (Phi) is 2.27. The first-order valence-corrected chi connectivity index (χ1v) is 4.29. The summed E-state index contributed by atoms with van der Waals surface area (Å²) in [5.74, 6) is -0.424. The summed E-state index contributed by atoms with van der Waals surface area (Å²) in [7, 11) is 0. The van der Waals surface area contributed by atoms with E-state index in [9.17, 15) is 4.79 Å². The van der Waals surface area contributed by atoms with Crippen LogP contribution in [0, 0.1) is 0 Å². The van der Waals surface area contributed by atoms with Gasteiger partial charge in [0.25, 0.3) is 0 Å². The lowest BCUT2D eigenvalue weighted by atomic mass is 10.2. The van der Waals surface area contributed by atoms with Crippen molar-refractivity contribution in [3.63, 3.8) is 0 Å². The van der Waals surface area contributed by atoms with E-state index in [1.54, 1.807) is 24.3 Å². The second-order valence-corrected chi connectivity index (χ2v) is 3.03. The summed E-state index contributed by atoms with van der Waals surface area (Å²) in [6.07, 6.45) is 2.11. The van der Waals surface area contributed by atoms with Gasteiger partial charge in [0, 0.05) is 0 Å². The van der Waals surface area contributed by atoms with E-state index in [2.05, 4.69) is 4.89 Å². The Hall–Kier alpha value is -1.35. The lowest BCUT2D eigenvalue weighted by molar-refractivity contribution is -0.250. The Bertz CT molecular complexity index is 290. The molecule has 3 nitrogen and oxygen atoms in total. The van der Waals surface area contributed by atoms with Crippen molar-refractivity contribution in [2.45, 2.75) is 18.9 Å². The zero-order chi connectivity index (χ0) is 9.10. The minimum absolute atomic E-state index is 0.132. The van der Waals surface area contributed by atoms with E-state index >= 15 is 0 Å². The van der Waals surface area contributed by atoms with Crippen LogP contribution in [0.2, 0.25) is 0 Å². The first kappa shape index (κ1) is 8.26. The van der Waals surface area contributed by atoms with Crippen LogP contribution in [-0.4, -0.2) is 12.1 Å². The Morgan fingerprint density at radius 3 is 2.54 bits per heavy atom. The molecule has 68 valence electrons. The molecule has 0 saturated heterocycles. The highest BCUT2D eigenvalue weighted by molar-refractivity contribution is 5.88. The third kappa shape index (κ3) is 2.29. The maximum Gasteiger partial charge on any atom is 0.373 e. The monoisotopic (exact) mass is 178 g/mol. The largest absolute Gasteiger partial charge is 0.373 e. The fraction of sp³-hybridized carbons (Fsp3) is 0.300. The molecule has 0 unspecified atom stereocenters. The van der Waals surface area contributed by atoms with Gasteiger partial charge in [0.05, 0.1) is 5.56 Å². The topological polar surface area (TPSA) is 35.5 Å². The Labute approximate surface area is 76.2 Å². The summed E-state index contributed by atoms with van der Waals surface area (Å²) < 4.78 is 0. The van der Waals surface area contributed by atoms with Crippen molar-refractivity contribution in [3.8, 4) is 0 Å². The van der Waals surface area contributed by atoms with Gasteiger partial charge in [-0.3, -0.25) is 4.89 Å². The van der Waals surface area contributed by atoms with Crippen molar-refractivity contribution in [2.75, 3.05) is 0 Å². The highest BCUT2D eigenvalue weighted by Gasteiger charge is 2.25. The molecule has 0 bridgehead atoms. The van der Waals surface area contributed by atoms with Crippen molar-refractivity contribution in [1.29, 1.82) is 0 Å². The number of rotatable bonds is 3. The molecular weight excluding hydrogens is 168 g/mol. The molecule has 0 radical (unpaired) electrons. The third-order valence-corrected chi connectivity index (χ3v) is 1.79. The van der Waals surface area contributed by atoms with Gasteiger partial charge in [0.2, 0.25) is 0 Å². The van der Waals surface area contributed by atoms with Gasteiger partial charge < -0.3 is 0 Å². The molecule has 0 aromatic heterocycles. The van der Waals surface area contributed by atoms with Crippen LogP contribution in [0.4, 0.5) is 0 Å². The molecular formula is C10H10O3. The zero-order valence-electron chi connectivity index (χ0n) is 7.10. The second-order valence-electron chi connectivity index (χ2n) is 3.03. The molecule has 0 heterocycles. The van der Waals surface area contributed by atoms with Crippen LogP contribution < -0.4 is 0 Å². The maximum absolute atomic E-state index is 11.2. The molecule has 0 atom stereocenters. The van der Waals surface area contributed by atoms with Crippen molar-refractivity contribution < 1.29 is 14.6 Å². The predicted octanol–water partition coefficient (Wildman–Crippen LogP) is 1.94. The molecule has 13 heavy (non-hydrogen) atoms. The van der Waals surface area contributed by atoms with E-state index in [0.29, 0.717) is 5.56 Å². The second kappa shape index (κ2) is 3.58. The molecule has 2 rings (SSSR count). The summed E-state index contributed by atoms with van der Waals surface area (Å²) in [6, 6.07) is 8.80. The van der Waals surface area contributed by atoms with E-state index in [1.165, 1.54) is 0 Å². The summed E-state index contributed by atoms with van der Waals surface area (Å²) in [6.45, 7) is 0. The van der Waals surface area contributed by atoms with E-state index < -0.39 is 5.97 Å². The van der Waals surface area contributed by atoms with Crippen LogP contribution in [0.1, 0.15) is 23.2 Å². The van der Waals surface area contributed by atoms with Gasteiger partial charge in [-0.15, -0.1) is 0 Å². The molecule has 1 aliphatic rings. The van der Waals surface area contributed by atoms with Crippen molar-refractivity contribution in [2.24, 2.45) is 0 Å². The molecule has 0 spiro atoms. The lowest BCUT2D eigenvalue weighted by Gasteiger charge is -2.00. The first-order valence-electron chi connectivity index (χ1n) is 4.29. The van der Waals surface area contributed by atoms with Crippen molar-refractivity contribution >= 4 is 5.97 Å². The fourth-order valence-electron chi connectivity index (χ4n) is 0.898. The molecule has 1 aromatic rings. The molecule has 0 amide bonds. The quantitative estimate of drug-likeness (QED) is 0.524. The standard InChI is InChI=1S/C10H10O3/c11-10(13-12-9-6-7-9)8-4-2-1-3-5-8/h1-5,9H,6-7H2. The molecule has 1 fully saturated rings.